The van der Waals surface area contributed by atoms with E-state index in [1.165, 1.54) is 7.11 Å². The minimum atomic E-state index is -0.500. The fraction of sp³-hybridized carbons (Fsp3) is 0.450. The number of benzene rings is 1. The van der Waals surface area contributed by atoms with Gasteiger partial charge in [-0.05, 0) is 25.0 Å². The summed E-state index contributed by atoms with van der Waals surface area (Å²) < 4.78 is 5.09. The van der Waals surface area contributed by atoms with Gasteiger partial charge in [0.05, 0.1) is 28.1 Å². The van der Waals surface area contributed by atoms with E-state index >= 15 is 0 Å². The molecule has 2 aromatic rings. The summed E-state index contributed by atoms with van der Waals surface area (Å²) in [5.74, 6) is -0.115. The van der Waals surface area contributed by atoms with Gasteiger partial charge in [0.1, 0.15) is 6.61 Å². The van der Waals surface area contributed by atoms with Gasteiger partial charge in [0.2, 0.25) is 5.91 Å². The van der Waals surface area contributed by atoms with E-state index in [0.717, 1.165) is 17.8 Å². The number of H-pyrrole nitrogens is 1. The fourth-order valence-electron chi connectivity index (χ4n) is 4.43. The van der Waals surface area contributed by atoms with Crippen LogP contribution in [-0.2, 0) is 21.5 Å². The Morgan fingerprint density at radius 3 is 2.71 bits per heavy atom. The van der Waals surface area contributed by atoms with E-state index in [1.807, 2.05) is 21.9 Å². The molecule has 1 aromatic heterocycles. The van der Waals surface area contributed by atoms with Crippen molar-refractivity contribution in [1.29, 1.82) is 0 Å². The van der Waals surface area contributed by atoms with Crippen molar-refractivity contribution in [2.24, 2.45) is 0 Å². The molecule has 0 aliphatic carbocycles. The van der Waals surface area contributed by atoms with Gasteiger partial charge in [-0.3, -0.25) is 9.59 Å². The lowest BCUT2D eigenvalue weighted by Crippen LogP contribution is -2.59. The number of aromatic amines is 1. The Balaban J connectivity index is 1.59. The van der Waals surface area contributed by atoms with Crippen molar-refractivity contribution >= 4 is 23.4 Å². The number of carbonyl (C=O) groups excluding carboxylic acids is 2. The third-order valence-electron chi connectivity index (χ3n) is 5.81. The summed E-state index contributed by atoms with van der Waals surface area (Å²) in [6.45, 7) is 1.74. The maximum atomic E-state index is 12.9. The Bertz CT molecular complexity index is 889. The number of aromatic nitrogens is 2. The normalized spacial score (nSPS) is 18.2. The summed E-state index contributed by atoms with van der Waals surface area (Å²) >= 11 is 6.20. The van der Waals surface area contributed by atoms with Crippen molar-refractivity contribution in [1.82, 2.24) is 19.8 Å². The van der Waals surface area contributed by atoms with Crippen LogP contribution >= 0.6 is 11.6 Å². The number of hydrogen-bond acceptors (Lipinski definition) is 4. The zero-order valence-corrected chi connectivity index (χ0v) is 16.5. The highest BCUT2D eigenvalue weighted by Crippen LogP contribution is 2.42. The summed E-state index contributed by atoms with van der Waals surface area (Å²) in [5, 5.41) is 0.455. The molecule has 4 rings (SSSR count). The van der Waals surface area contributed by atoms with E-state index < -0.39 is 5.54 Å². The zero-order valence-electron chi connectivity index (χ0n) is 15.8. The molecule has 7 nitrogen and oxygen atoms in total. The lowest BCUT2D eigenvalue weighted by Gasteiger charge is -2.50. The predicted octanol–water partition coefficient (Wildman–Crippen LogP) is 2.23. The maximum Gasteiger partial charge on any atom is 0.255 e. The van der Waals surface area contributed by atoms with Crippen molar-refractivity contribution in [3.63, 3.8) is 0 Å². The largest absolute Gasteiger partial charge is 0.375 e. The number of likely N-dealkylation sites (tertiary alicyclic amines) is 1. The number of amides is 2. The number of carbonyl (C=O) groups is 2. The number of nitrogens with one attached hydrogen (secondary N) is 1. The lowest BCUT2D eigenvalue weighted by atomic mass is 9.78. The Morgan fingerprint density at radius 1 is 1.25 bits per heavy atom. The van der Waals surface area contributed by atoms with Gasteiger partial charge in [-0.1, -0.05) is 23.7 Å². The number of fused-ring (bicyclic) bond motifs is 2. The van der Waals surface area contributed by atoms with Crippen LogP contribution in [0.25, 0.3) is 0 Å². The average Bonchev–Trinajstić information content (AvgIpc) is 3.19. The number of piperidine rings is 1. The van der Waals surface area contributed by atoms with Gasteiger partial charge in [-0.15, -0.1) is 0 Å². The first-order valence-electron chi connectivity index (χ1n) is 9.43. The van der Waals surface area contributed by atoms with Gasteiger partial charge in [0.15, 0.2) is 0 Å². The first-order chi connectivity index (χ1) is 13.6. The van der Waals surface area contributed by atoms with Gasteiger partial charge in [-0.2, -0.15) is 0 Å². The van der Waals surface area contributed by atoms with Gasteiger partial charge in [0.25, 0.3) is 5.91 Å². The number of nitrogens with zero attached hydrogens (tertiary/aromatic N) is 3. The van der Waals surface area contributed by atoms with Gasteiger partial charge in [-0.25, -0.2) is 4.98 Å². The Labute approximate surface area is 168 Å². The average molecular weight is 403 g/mol. The standard InChI is InChI=1S/C20H23ClN4O3/c1-28-12-17(26)25-9-6-16-18(23-13-22-16)20(25)7-10-24(11-8-20)19(27)14-4-2-3-5-15(14)21/h2-5,13H,6-12H2,1H3,(H,22,23). The molecule has 1 saturated heterocycles. The molecule has 1 fully saturated rings. The van der Waals surface area contributed by atoms with E-state index in [2.05, 4.69) is 9.97 Å². The second-order valence-electron chi connectivity index (χ2n) is 7.26. The smallest absolute Gasteiger partial charge is 0.255 e. The van der Waals surface area contributed by atoms with E-state index in [4.69, 9.17) is 16.3 Å². The quantitative estimate of drug-likeness (QED) is 0.853. The van der Waals surface area contributed by atoms with Crippen LogP contribution in [0.1, 0.15) is 34.6 Å². The molecular weight excluding hydrogens is 380 g/mol. The van der Waals surface area contributed by atoms with Crippen molar-refractivity contribution in [3.05, 3.63) is 52.6 Å². The molecule has 0 bridgehead atoms. The minimum absolute atomic E-state index is 0.0398. The SMILES string of the molecule is COCC(=O)N1CCc2[nH]cnc2C12CCN(C(=O)c1ccccc1Cl)CC2. The highest BCUT2D eigenvalue weighted by molar-refractivity contribution is 6.33. The van der Waals surface area contributed by atoms with Crippen molar-refractivity contribution in [2.75, 3.05) is 33.4 Å². The topological polar surface area (TPSA) is 78.5 Å². The summed E-state index contributed by atoms with van der Waals surface area (Å²) in [7, 11) is 1.53. The highest BCUT2D eigenvalue weighted by atomic mass is 35.5. The third kappa shape index (κ3) is 3.08. The molecule has 3 heterocycles. The van der Waals surface area contributed by atoms with Crippen molar-refractivity contribution < 1.29 is 14.3 Å². The van der Waals surface area contributed by atoms with Gasteiger partial charge < -0.3 is 19.5 Å². The van der Waals surface area contributed by atoms with Gasteiger partial charge in [0, 0.05) is 38.9 Å². The minimum Gasteiger partial charge on any atom is -0.375 e. The second-order valence-corrected chi connectivity index (χ2v) is 7.67. The van der Waals surface area contributed by atoms with Crippen molar-refractivity contribution in [3.8, 4) is 0 Å². The first-order valence-corrected chi connectivity index (χ1v) is 9.80. The predicted molar refractivity (Wildman–Crippen MR) is 104 cm³/mol. The molecular formula is C20H23ClN4O3. The van der Waals surface area contributed by atoms with Crippen LogP contribution in [0, 0.1) is 0 Å². The molecule has 28 heavy (non-hydrogen) atoms. The van der Waals surface area contributed by atoms with Crippen LogP contribution in [0.2, 0.25) is 5.02 Å². The van der Waals surface area contributed by atoms with E-state index in [0.29, 0.717) is 43.1 Å². The Kier molecular flexibility index (Phi) is 5.12. The molecule has 0 unspecified atom stereocenters. The van der Waals surface area contributed by atoms with Crippen LogP contribution in [0.3, 0.4) is 0 Å². The number of rotatable bonds is 3. The number of imidazole rings is 1. The number of methoxy groups -OCH3 is 1. The van der Waals surface area contributed by atoms with Crippen LogP contribution in [0.4, 0.5) is 0 Å². The van der Waals surface area contributed by atoms with Crippen LogP contribution in [0.5, 0.6) is 0 Å². The molecule has 0 radical (unpaired) electrons. The molecule has 0 saturated carbocycles. The molecule has 148 valence electrons. The monoisotopic (exact) mass is 402 g/mol. The summed E-state index contributed by atoms with van der Waals surface area (Å²) in [4.78, 5) is 37.1. The summed E-state index contributed by atoms with van der Waals surface area (Å²) in [6.07, 6.45) is 3.71. The first kappa shape index (κ1) is 19.0. The van der Waals surface area contributed by atoms with E-state index in [1.54, 1.807) is 18.5 Å². The fourth-order valence-corrected chi connectivity index (χ4v) is 4.65. The maximum absolute atomic E-state index is 12.9. The second kappa shape index (κ2) is 7.56. The Morgan fingerprint density at radius 2 is 2.00 bits per heavy atom. The Hall–Kier alpha value is -2.38. The molecule has 2 aliphatic heterocycles. The highest BCUT2D eigenvalue weighted by Gasteiger charge is 2.49. The molecule has 2 aliphatic rings. The van der Waals surface area contributed by atoms with Crippen molar-refractivity contribution in [2.45, 2.75) is 24.8 Å². The number of ether oxygens (including phenoxy) is 1. The zero-order chi connectivity index (χ0) is 19.7. The molecule has 8 heteroatoms. The number of halogens is 1. The summed E-state index contributed by atoms with van der Waals surface area (Å²) in [5.41, 5.74) is 2.01. The van der Waals surface area contributed by atoms with E-state index in [9.17, 15) is 9.59 Å². The lowest BCUT2D eigenvalue weighted by molar-refractivity contribution is -0.145. The number of hydrogen-bond donors (Lipinski definition) is 1. The van der Waals surface area contributed by atoms with Crippen LogP contribution in [0.15, 0.2) is 30.6 Å². The molecule has 1 N–H and O–H groups in total. The van der Waals surface area contributed by atoms with Gasteiger partial charge >= 0.3 is 0 Å². The molecule has 1 aromatic carbocycles. The molecule has 2 amide bonds. The van der Waals surface area contributed by atoms with Crippen LogP contribution < -0.4 is 0 Å². The molecule has 0 atom stereocenters. The third-order valence-corrected chi connectivity index (χ3v) is 6.14. The summed E-state index contributed by atoms with van der Waals surface area (Å²) in [6, 6.07) is 7.09. The van der Waals surface area contributed by atoms with Crippen LogP contribution in [-0.4, -0.2) is 64.9 Å². The molecule has 1 spiro atoms. The van der Waals surface area contributed by atoms with E-state index in [-0.39, 0.29) is 18.4 Å².